The van der Waals surface area contributed by atoms with Crippen LogP contribution in [0.25, 0.3) is 5.76 Å². The summed E-state index contributed by atoms with van der Waals surface area (Å²) in [5, 5.41) is 52.4. The molecule has 4 rings (SSSR count). The van der Waals surface area contributed by atoms with E-state index in [1.54, 1.807) is 32.1 Å². The highest BCUT2D eigenvalue weighted by Gasteiger charge is 2.67. The lowest BCUT2D eigenvalue weighted by Gasteiger charge is -2.55. The van der Waals surface area contributed by atoms with Crippen molar-refractivity contribution in [2.45, 2.75) is 44.4 Å². The summed E-state index contributed by atoms with van der Waals surface area (Å²) in [6, 6.07) is 2.14. The molecule has 6 N–H and O–H groups in total. The minimum Gasteiger partial charge on any atom is -0.508 e. The Kier molecular flexibility index (Phi) is 8.50. The number of nitrogens with one attached hydrogen (secondary N) is 2. The molecule has 0 spiro atoms. The predicted octanol–water partition coefficient (Wildman–Crippen LogP) is 0.699. The minimum absolute atomic E-state index is 0.0488. The van der Waals surface area contributed by atoms with Crippen molar-refractivity contribution in [3.8, 4) is 5.75 Å². The molecule has 1 saturated carbocycles. The Morgan fingerprint density at radius 2 is 1.80 bits per heavy atom. The van der Waals surface area contributed by atoms with Gasteiger partial charge in [0.25, 0.3) is 0 Å². The lowest BCUT2D eigenvalue weighted by Crippen LogP contribution is -2.68. The number of carbonyl (C=O) groups excluding carboxylic acids is 3. The number of likely N-dealkylation sites (N-methyl/N-ethyl adjacent to an activating group) is 1. The van der Waals surface area contributed by atoms with Gasteiger partial charge < -0.3 is 36.0 Å². The van der Waals surface area contributed by atoms with Gasteiger partial charge in [0.2, 0.25) is 5.78 Å². The fourth-order valence-electron chi connectivity index (χ4n) is 7.02. The lowest BCUT2D eigenvalue weighted by molar-refractivity contribution is -0.157. The average Bonchev–Trinajstić information content (AvgIpc) is 2.87. The van der Waals surface area contributed by atoms with E-state index in [4.69, 9.17) is 0 Å². The quantitative estimate of drug-likeness (QED) is 0.173. The van der Waals surface area contributed by atoms with E-state index >= 15 is 0 Å². The molecule has 1 aromatic carbocycles. The summed E-state index contributed by atoms with van der Waals surface area (Å²) >= 11 is 0. The number of fused-ring (bicyclic) bond motifs is 3. The third kappa shape index (κ3) is 4.89. The van der Waals surface area contributed by atoms with Crippen molar-refractivity contribution in [2.24, 2.45) is 11.3 Å². The molecule has 1 aromatic rings. The number of aromatic hydroxyl groups is 1. The number of phenols is 1. The van der Waals surface area contributed by atoms with Crippen molar-refractivity contribution in [2.75, 3.05) is 54.9 Å². The van der Waals surface area contributed by atoms with Gasteiger partial charge in [0.05, 0.1) is 11.6 Å². The van der Waals surface area contributed by atoms with Crippen molar-refractivity contribution in [1.29, 1.82) is 0 Å². The maximum atomic E-state index is 14.5. The van der Waals surface area contributed by atoms with E-state index < -0.39 is 57.4 Å². The van der Waals surface area contributed by atoms with Gasteiger partial charge >= 0.3 is 0 Å². The summed E-state index contributed by atoms with van der Waals surface area (Å²) < 4.78 is 0. The van der Waals surface area contributed by atoms with E-state index in [2.05, 4.69) is 15.5 Å². The lowest BCUT2D eigenvalue weighted by atomic mass is 9.51. The van der Waals surface area contributed by atoms with Gasteiger partial charge in [-0.15, -0.1) is 0 Å². The average molecular weight is 571 g/mol. The van der Waals surface area contributed by atoms with Crippen LogP contribution in [0, 0.1) is 11.3 Å². The zero-order chi connectivity index (χ0) is 30.4. The topological polar surface area (TPSA) is 163 Å². The van der Waals surface area contributed by atoms with E-state index in [1.807, 2.05) is 14.1 Å². The summed E-state index contributed by atoms with van der Waals surface area (Å²) in [5.41, 5.74) is -2.82. The highest BCUT2D eigenvalue weighted by molar-refractivity contribution is 6.25. The van der Waals surface area contributed by atoms with Crippen LogP contribution in [0.2, 0.25) is 0 Å². The summed E-state index contributed by atoms with van der Waals surface area (Å²) in [6.07, 6.45) is 1.11. The Hall–Kier alpha value is -3.09. The number of carbonyl (C=O) groups is 3. The van der Waals surface area contributed by atoms with Crippen LogP contribution in [0.15, 0.2) is 29.0 Å². The molecule has 0 radical (unpaired) electrons. The molecule has 4 atom stereocenters. The van der Waals surface area contributed by atoms with Gasteiger partial charge in [0.1, 0.15) is 22.8 Å². The Morgan fingerprint density at radius 3 is 2.39 bits per heavy atom. The standard InChI is InChI=1S/C30H42N4O7/c1-16(35)21-26(38)24(34(5)6)19-13-29(15-32-10-7-11-33(3)4)12-18-17(14-31-2)8-9-20(36)22(18)25(37)23(29)28(40)30(19,41)27(21)39/h8-9,19,24,31-32,36-37,39,41H,7,10-15H2,1-6H3/t19-,24-,29-,30+/m0/s1. The summed E-state index contributed by atoms with van der Waals surface area (Å²) in [4.78, 5) is 44.1. The Balaban J connectivity index is 1.96. The maximum absolute atomic E-state index is 14.5. The second-order valence-electron chi connectivity index (χ2n) is 12.1. The second kappa shape index (κ2) is 11.3. The molecule has 0 amide bonds. The largest absolute Gasteiger partial charge is 0.508 e. The van der Waals surface area contributed by atoms with E-state index in [0.717, 1.165) is 25.5 Å². The van der Waals surface area contributed by atoms with Gasteiger partial charge in [0.15, 0.2) is 17.2 Å². The molecule has 3 aliphatic carbocycles. The molecular weight excluding hydrogens is 528 g/mol. The maximum Gasteiger partial charge on any atom is 0.202 e. The molecule has 11 heteroatoms. The zero-order valence-electron chi connectivity index (χ0n) is 24.7. The second-order valence-corrected chi connectivity index (χ2v) is 12.1. The van der Waals surface area contributed by atoms with E-state index in [0.29, 0.717) is 18.7 Å². The van der Waals surface area contributed by atoms with Crippen LogP contribution in [-0.2, 0) is 27.3 Å². The molecule has 0 aliphatic heterocycles. The van der Waals surface area contributed by atoms with Gasteiger partial charge in [0, 0.05) is 30.0 Å². The molecule has 1 fully saturated rings. The fraction of sp³-hybridized carbons (Fsp3) is 0.567. The van der Waals surface area contributed by atoms with Crippen molar-refractivity contribution in [3.05, 3.63) is 45.7 Å². The monoisotopic (exact) mass is 570 g/mol. The first-order chi connectivity index (χ1) is 19.2. The van der Waals surface area contributed by atoms with Crippen LogP contribution >= 0.6 is 0 Å². The molecule has 224 valence electrons. The van der Waals surface area contributed by atoms with Gasteiger partial charge in [-0.05, 0) is 91.7 Å². The Labute approximate surface area is 240 Å². The first kappa shape index (κ1) is 30.9. The third-order valence-corrected chi connectivity index (χ3v) is 8.82. The van der Waals surface area contributed by atoms with Gasteiger partial charge in [-0.2, -0.15) is 0 Å². The van der Waals surface area contributed by atoms with Crippen LogP contribution in [-0.4, -0.2) is 114 Å². The van der Waals surface area contributed by atoms with Crippen molar-refractivity contribution < 1.29 is 34.8 Å². The first-order valence-corrected chi connectivity index (χ1v) is 13.9. The molecule has 41 heavy (non-hydrogen) atoms. The zero-order valence-corrected chi connectivity index (χ0v) is 24.7. The van der Waals surface area contributed by atoms with Crippen LogP contribution in [0.1, 0.15) is 36.5 Å². The number of Topliss-reactive ketones (excluding diaryl/α,β-unsaturated/α-hetero) is 3. The number of ketones is 3. The highest BCUT2D eigenvalue weighted by Crippen LogP contribution is 2.58. The summed E-state index contributed by atoms with van der Waals surface area (Å²) in [5.74, 6) is -5.15. The number of aliphatic hydroxyl groups excluding tert-OH is 2. The van der Waals surface area contributed by atoms with Crippen LogP contribution in [0.5, 0.6) is 5.75 Å². The summed E-state index contributed by atoms with van der Waals surface area (Å²) in [6.45, 7) is 3.24. The van der Waals surface area contributed by atoms with Crippen LogP contribution < -0.4 is 10.6 Å². The SMILES string of the molecule is CNCc1ccc(O)c2c1C[C@@]1(CNCCCN(C)C)C[C@H]3[C@H](N(C)C)C(=O)C(C(C)=O)=C(O)[C@@]3(O)C(=O)C1=C2O. The van der Waals surface area contributed by atoms with E-state index in [9.17, 15) is 34.8 Å². The van der Waals surface area contributed by atoms with E-state index in [1.165, 1.54) is 6.07 Å². The number of aliphatic hydroxyl groups is 3. The van der Waals surface area contributed by atoms with Crippen molar-refractivity contribution in [1.82, 2.24) is 20.4 Å². The van der Waals surface area contributed by atoms with Crippen LogP contribution in [0.4, 0.5) is 0 Å². The molecule has 0 saturated heterocycles. The number of hydrogen-bond donors (Lipinski definition) is 6. The third-order valence-electron chi connectivity index (χ3n) is 8.82. The van der Waals surface area contributed by atoms with Crippen molar-refractivity contribution in [3.63, 3.8) is 0 Å². The smallest absolute Gasteiger partial charge is 0.202 e. The van der Waals surface area contributed by atoms with E-state index in [-0.39, 0.29) is 36.3 Å². The number of benzene rings is 1. The molecule has 0 aromatic heterocycles. The molecule has 0 unspecified atom stereocenters. The number of phenolic OH excluding ortho intramolecular Hbond substituents is 1. The minimum atomic E-state index is -2.61. The molecule has 0 heterocycles. The molecule has 0 bridgehead atoms. The molecular formula is C30H42N4O7. The van der Waals surface area contributed by atoms with Crippen molar-refractivity contribution >= 4 is 23.1 Å². The van der Waals surface area contributed by atoms with Crippen LogP contribution in [0.3, 0.4) is 0 Å². The predicted molar refractivity (Wildman–Crippen MR) is 153 cm³/mol. The number of rotatable bonds is 10. The van der Waals surface area contributed by atoms with Gasteiger partial charge in [-0.25, -0.2) is 0 Å². The van der Waals surface area contributed by atoms with Gasteiger partial charge in [-0.3, -0.25) is 19.3 Å². The van der Waals surface area contributed by atoms with Gasteiger partial charge in [-0.1, -0.05) is 6.07 Å². The normalized spacial score (nSPS) is 27.8. The Morgan fingerprint density at radius 1 is 1.12 bits per heavy atom. The molecule has 3 aliphatic rings. The molecule has 11 nitrogen and oxygen atoms in total. The number of nitrogens with zero attached hydrogens (tertiary/aromatic N) is 2. The fourth-order valence-corrected chi connectivity index (χ4v) is 7.02. The number of hydrogen-bond acceptors (Lipinski definition) is 11. The summed E-state index contributed by atoms with van der Waals surface area (Å²) in [7, 11) is 8.99. The first-order valence-electron chi connectivity index (χ1n) is 13.9. The Bertz CT molecular complexity index is 1330. The highest BCUT2D eigenvalue weighted by atomic mass is 16.3.